The highest BCUT2D eigenvalue weighted by atomic mass is 32.1. The number of amides is 2. The first-order valence-electron chi connectivity index (χ1n) is 9.67. The van der Waals surface area contributed by atoms with Crippen LogP contribution in [0, 0.1) is 0 Å². The highest BCUT2D eigenvalue weighted by molar-refractivity contribution is 7.08. The van der Waals surface area contributed by atoms with Gasteiger partial charge >= 0.3 is 0 Å². The standard InChI is InChI=1S/C21H28N4O2S/c1-24-10-12-25(13-11-24)15-19(17-5-3-2-4-6-17)23-20(26)7-9-22-21(27)18-8-14-28-16-18/h2-6,8,14,16,19H,7,9-13,15H2,1H3,(H,22,27)(H,23,26). The van der Waals surface area contributed by atoms with Crippen molar-refractivity contribution in [3.8, 4) is 0 Å². The van der Waals surface area contributed by atoms with Gasteiger partial charge in [0.2, 0.25) is 5.91 Å². The molecule has 2 aromatic rings. The van der Waals surface area contributed by atoms with Crippen LogP contribution in [0.25, 0.3) is 0 Å². The molecule has 150 valence electrons. The molecule has 1 atom stereocenters. The van der Waals surface area contributed by atoms with Crippen LogP contribution in [0.4, 0.5) is 0 Å². The molecule has 28 heavy (non-hydrogen) atoms. The fraction of sp³-hybridized carbons (Fsp3) is 0.429. The lowest BCUT2D eigenvalue weighted by Crippen LogP contribution is -2.48. The first kappa shape index (κ1) is 20.5. The number of hydrogen-bond donors (Lipinski definition) is 2. The van der Waals surface area contributed by atoms with E-state index in [2.05, 4.69) is 39.6 Å². The van der Waals surface area contributed by atoms with Crippen LogP contribution in [0.5, 0.6) is 0 Å². The molecule has 1 fully saturated rings. The summed E-state index contributed by atoms with van der Waals surface area (Å²) in [6.07, 6.45) is 0.266. The number of rotatable bonds is 8. The van der Waals surface area contributed by atoms with E-state index in [9.17, 15) is 9.59 Å². The van der Waals surface area contributed by atoms with Gasteiger partial charge in [0.05, 0.1) is 6.04 Å². The quantitative estimate of drug-likeness (QED) is 0.711. The van der Waals surface area contributed by atoms with Crippen molar-refractivity contribution < 1.29 is 9.59 Å². The number of nitrogens with one attached hydrogen (secondary N) is 2. The molecule has 1 aliphatic heterocycles. The van der Waals surface area contributed by atoms with Crippen LogP contribution in [0.15, 0.2) is 47.2 Å². The molecule has 2 heterocycles. The van der Waals surface area contributed by atoms with Crippen molar-refractivity contribution in [2.24, 2.45) is 0 Å². The Morgan fingerprint density at radius 1 is 1.11 bits per heavy atom. The number of carbonyl (C=O) groups is 2. The summed E-state index contributed by atoms with van der Waals surface area (Å²) in [4.78, 5) is 29.2. The van der Waals surface area contributed by atoms with Crippen LogP contribution >= 0.6 is 11.3 Å². The molecule has 2 N–H and O–H groups in total. The topological polar surface area (TPSA) is 64.7 Å². The zero-order chi connectivity index (χ0) is 19.8. The van der Waals surface area contributed by atoms with Crippen LogP contribution in [-0.4, -0.2) is 67.9 Å². The molecule has 2 amide bonds. The summed E-state index contributed by atoms with van der Waals surface area (Å²) in [5.74, 6) is -0.181. The molecule has 1 saturated heterocycles. The van der Waals surface area contributed by atoms with Gasteiger partial charge in [-0.15, -0.1) is 0 Å². The molecule has 1 aromatic carbocycles. The fourth-order valence-electron chi connectivity index (χ4n) is 3.26. The molecule has 7 heteroatoms. The second kappa shape index (κ2) is 10.4. The summed E-state index contributed by atoms with van der Waals surface area (Å²) in [7, 11) is 2.14. The predicted octanol–water partition coefficient (Wildman–Crippen LogP) is 1.97. The van der Waals surface area contributed by atoms with Crippen molar-refractivity contribution in [2.75, 3.05) is 46.3 Å². The summed E-state index contributed by atoms with van der Waals surface area (Å²) in [5.41, 5.74) is 1.75. The molecule has 3 rings (SSSR count). The Kier molecular flexibility index (Phi) is 7.59. The van der Waals surface area contributed by atoms with E-state index in [0.717, 1.165) is 38.3 Å². The number of hydrogen-bond acceptors (Lipinski definition) is 5. The van der Waals surface area contributed by atoms with E-state index in [4.69, 9.17) is 0 Å². The summed E-state index contributed by atoms with van der Waals surface area (Å²) < 4.78 is 0. The maximum absolute atomic E-state index is 12.5. The van der Waals surface area contributed by atoms with Gasteiger partial charge in [-0.25, -0.2) is 0 Å². The Hall–Kier alpha value is -2.22. The van der Waals surface area contributed by atoms with Gasteiger partial charge in [0.1, 0.15) is 0 Å². The third-order valence-corrected chi connectivity index (χ3v) is 5.68. The van der Waals surface area contributed by atoms with E-state index in [-0.39, 0.29) is 24.3 Å². The summed E-state index contributed by atoms with van der Waals surface area (Å²) in [6.45, 7) is 5.23. The second-order valence-electron chi connectivity index (χ2n) is 7.15. The van der Waals surface area contributed by atoms with Crippen molar-refractivity contribution >= 4 is 23.2 Å². The van der Waals surface area contributed by atoms with Gasteiger partial charge in [-0.05, 0) is 24.1 Å². The Morgan fingerprint density at radius 3 is 2.54 bits per heavy atom. The van der Waals surface area contributed by atoms with Crippen LogP contribution in [-0.2, 0) is 4.79 Å². The van der Waals surface area contributed by atoms with E-state index in [0.29, 0.717) is 12.1 Å². The second-order valence-corrected chi connectivity index (χ2v) is 7.93. The minimum atomic E-state index is -0.133. The van der Waals surface area contributed by atoms with Crippen molar-refractivity contribution in [2.45, 2.75) is 12.5 Å². The van der Waals surface area contributed by atoms with Gasteiger partial charge < -0.3 is 15.5 Å². The maximum Gasteiger partial charge on any atom is 0.252 e. The smallest absolute Gasteiger partial charge is 0.252 e. The van der Waals surface area contributed by atoms with Crippen LogP contribution < -0.4 is 10.6 Å². The molecule has 1 unspecified atom stereocenters. The zero-order valence-electron chi connectivity index (χ0n) is 16.3. The van der Waals surface area contributed by atoms with Crippen molar-refractivity contribution in [1.82, 2.24) is 20.4 Å². The van der Waals surface area contributed by atoms with Crippen LogP contribution in [0.1, 0.15) is 28.4 Å². The minimum Gasteiger partial charge on any atom is -0.351 e. The molecule has 0 saturated carbocycles. The lowest BCUT2D eigenvalue weighted by Gasteiger charge is -2.35. The van der Waals surface area contributed by atoms with E-state index in [1.807, 2.05) is 23.6 Å². The van der Waals surface area contributed by atoms with E-state index in [1.165, 1.54) is 11.3 Å². The average molecular weight is 401 g/mol. The lowest BCUT2D eigenvalue weighted by molar-refractivity contribution is -0.121. The van der Waals surface area contributed by atoms with Crippen LogP contribution in [0.2, 0.25) is 0 Å². The number of carbonyl (C=O) groups excluding carboxylic acids is 2. The molecular formula is C21H28N4O2S. The minimum absolute atomic E-state index is 0.0476. The molecule has 1 aromatic heterocycles. The fourth-order valence-corrected chi connectivity index (χ4v) is 3.90. The zero-order valence-corrected chi connectivity index (χ0v) is 17.1. The molecule has 1 aliphatic rings. The van der Waals surface area contributed by atoms with Crippen LogP contribution in [0.3, 0.4) is 0 Å². The molecular weight excluding hydrogens is 372 g/mol. The lowest BCUT2D eigenvalue weighted by atomic mass is 10.1. The normalized spacial score (nSPS) is 16.5. The number of thiophene rings is 1. The molecule has 6 nitrogen and oxygen atoms in total. The van der Waals surface area contributed by atoms with E-state index >= 15 is 0 Å². The Balaban J connectivity index is 1.51. The van der Waals surface area contributed by atoms with E-state index < -0.39 is 0 Å². The van der Waals surface area contributed by atoms with Gasteiger partial charge in [-0.3, -0.25) is 14.5 Å². The SMILES string of the molecule is CN1CCN(CC(NC(=O)CCNC(=O)c2ccsc2)c2ccccc2)CC1. The summed E-state index contributed by atoms with van der Waals surface area (Å²) in [6, 6.07) is 11.8. The van der Waals surface area contributed by atoms with Crippen molar-refractivity contribution in [3.63, 3.8) is 0 Å². The van der Waals surface area contributed by atoms with Gasteiger partial charge in [0.15, 0.2) is 0 Å². The number of likely N-dealkylation sites (N-methyl/N-ethyl adjacent to an activating group) is 1. The first-order valence-corrected chi connectivity index (χ1v) is 10.6. The van der Waals surface area contributed by atoms with Crippen molar-refractivity contribution in [1.29, 1.82) is 0 Å². The summed E-state index contributed by atoms with van der Waals surface area (Å²) >= 11 is 1.48. The first-order chi connectivity index (χ1) is 13.6. The van der Waals surface area contributed by atoms with Gasteiger partial charge in [-0.2, -0.15) is 11.3 Å². The third kappa shape index (κ3) is 6.15. The largest absolute Gasteiger partial charge is 0.351 e. The monoisotopic (exact) mass is 400 g/mol. The number of piperazine rings is 1. The molecule has 0 bridgehead atoms. The predicted molar refractivity (Wildman–Crippen MR) is 113 cm³/mol. The number of nitrogens with zero attached hydrogens (tertiary/aromatic N) is 2. The highest BCUT2D eigenvalue weighted by Gasteiger charge is 2.21. The molecule has 0 radical (unpaired) electrons. The maximum atomic E-state index is 12.5. The van der Waals surface area contributed by atoms with E-state index in [1.54, 1.807) is 11.4 Å². The third-order valence-electron chi connectivity index (χ3n) is 4.99. The number of benzene rings is 1. The summed E-state index contributed by atoms with van der Waals surface area (Å²) in [5, 5.41) is 9.63. The van der Waals surface area contributed by atoms with Gasteiger partial charge in [0.25, 0.3) is 5.91 Å². The Bertz CT molecular complexity index is 743. The van der Waals surface area contributed by atoms with Gasteiger partial charge in [0, 0.05) is 56.6 Å². The Morgan fingerprint density at radius 2 is 1.86 bits per heavy atom. The molecule has 0 aliphatic carbocycles. The highest BCUT2D eigenvalue weighted by Crippen LogP contribution is 2.15. The Labute approximate surface area is 170 Å². The molecule has 0 spiro atoms. The van der Waals surface area contributed by atoms with Crippen molar-refractivity contribution in [3.05, 3.63) is 58.3 Å². The average Bonchev–Trinajstić information content (AvgIpc) is 3.25. The van der Waals surface area contributed by atoms with Gasteiger partial charge in [-0.1, -0.05) is 30.3 Å².